The van der Waals surface area contributed by atoms with Gasteiger partial charge in [-0.3, -0.25) is 0 Å². The second-order valence-corrected chi connectivity index (χ2v) is 9.00. The van der Waals surface area contributed by atoms with E-state index in [9.17, 15) is 8.42 Å². The number of nitrogens with one attached hydrogen (secondary N) is 1. The molecule has 0 spiro atoms. The minimum Gasteiger partial charge on any atom is -0.497 e. The lowest BCUT2D eigenvalue weighted by Gasteiger charge is -2.05. The lowest BCUT2D eigenvalue weighted by molar-refractivity contribution is 0.415. The van der Waals surface area contributed by atoms with Crippen LogP contribution >= 0.6 is 11.6 Å². The van der Waals surface area contributed by atoms with Crippen molar-refractivity contribution in [3.63, 3.8) is 0 Å². The average molecular weight is 428 g/mol. The van der Waals surface area contributed by atoms with Crippen LogP contribution in [-0.4, -0.2) is 31.6 Å². The van der Waals surface area contributed by atoms with Gasteiger partial charge in [-0.1, -0.05) is 17.7 Å². The van der Waals surface area contributed by atoms with Crippen LogP contribution in [0.15, 0.2) is 71.6 Å². The van der Waals surface area contributed by atoms with Crippen molar-refractivity contribution in [2.75, 3.05) is 18.7 Å². The summed E-state index contributed by atoms with van der Waals surface area (Å²) in [6.45, 7) is 0. The van der Waals surface area contributed by atoms with Crippen molar-refractivity contribution >= 4 is 43.8 Å². The third kappa shape index (κ3) is 3.92. The molecular formula is C21H18ClN3O3S. The van der Waals surface area contributed by atoms with E-state index in [1.54, 1.807) is 42.1 Å². The topological polar surface area (TPSA) is 73.2 Å². The minimum atomic E-state index is -3.26. The second-order valence-electron chi connectivity index (χ2n) is 6.54. The molecule has 1 aromatic heterocycles. The van der Waals surface area contributed by atoms with Crippen molar-refractivity contribution in [1.82, 2.24) is 9.78 Å². The maximum absolute atomic E-state index is 11.7. The van der Waals surface area contributed by atoms with Crippen LogP contribution in [0.1, 0.15) is 0 Å². The van der Waals surface area contributed by atoms with E-state index in [2.05, 4.69) is 5.32 Å². The maximum atomic E-state index is 11.7. The molecule has 0 amide bonds. The van der Waals surface area contributed by atoms with Gasteiger partial charge in [0.25, 0.3) is 0 Å². The second kappa shape index (κ2) is 7.42. The third-order valence-corrected chi connectivity index (χ3v) is 5.85. The summed E-state index contributed by atoms with van der Waals surface area (Å²) >= 11 is 6.09. The van der Waals surface area contributed by atoms with E-state index in [1.165, 1.54) is 6.26 Å². The molecule has 0 unspecified atom stereocenters. The van der Waals surface area contributed by atoms with Gasteiger partial charge in [-0.05, 0) is 60.7 Å². The molecule has 0 atom stereocenters. The molecule has 0 saturated carbocycles. The Morgan fingerprint density at radius 3 is 2.45 bits per heavy atom. The number of benzene rings is 3. The fourth-order valence-electron chi connectivity index (χ4n) is 3.05. The van der Waals surface area contributed by atoms with Gasteiger partial charge in [-0.2, -0.15) is 0 Å². The molecule has 0 bridgehead atoms. The predicted octanol–water partition coefficient (Wildman–Crippen LogP) is 4.83. The number of rotatable bonds is 5. The molecule has 0 radical (unpaired) electrons. The first-order chi connectivity index (χ1) is 13.8. The van der Waals surface area contributed by atoms with E-state index < -0.39 is 9.84 Å². The molecule has 8 heteroatoms. The highest BCUT2D eigenvalue weighted by atomic mass is 35.5. The summed E-state index contributed by atoms with van der Waals surface area (Å²) in [4.78, 5) is 0.261. The molecule has 148 valence electrons. The number of anilines is 2. The first-order valence-corrected chi connectivity index (χ1v) is 11.0. The number of ether oxygens (including phenoxy) is 1. The maximum Gasteiger partial charge on any atom is 0.175 e. The third-order valence-electron chi connectivity index (χ3n) is 4.48. The lowest BCUT2D eigenvalue weighted by atomic mass is 10.2. The van der Waals surface area contributed by atoms with Crippen LogP contribution in [0.3, 0.4) is 0 Å². The number of nitrogens with zero attached hydrogens (tertiary/aromatic N) is 2. The van der Waals surface area contributed by atoms with Gasteiger partial charge in [0.2, 0.25) is 0 Å². The van der Waals surface area contributed by atoms with Crippen LogP contribution < -0.4 is 10.1 Å². The normalized spacial score (nSPS) is 11.6. The quantitative estimate of drug-likeness (QED) is 0.493. The van der Waals surface area contributed by atoms with Crippen LogP contribution in [0, 0.1) is 0 Å². The summed E-state index contributed by atoms with van der Waals surface area (Å²) in [7, 11) is -1.65. The van der Waals surface area contributed by atoms with Gasteiger partial charge >= 0.3 is 0 Å². The summed E-state index contributed by atoms with van der Waals surface area (Å²) in [5.41, 5.74) is 2.40. The van der Waals surface area contributed by atoms with Crippen LogP contribution in [-0.2, 0) is 9.84 Å². The molecule has 1 N–H and O–H groups in total. The molecule has 1 heterocycles. The number of halogens is 1. The van der Waals surface area contributed by atoms with Crippen molar-refractivity contribution in [3.8, 4) is 11.4 Å². The van der Waals surface area contributed by atoms with Crippen molar-refractivity contribution in [2.45, 2.75) is 4.90 Å². The molecule has 0 aliphatic rings. The standard InChI is InChI=1S/C21H18ClN3O3S/c1-28-17-8-11-20-19(13-17)21(23-15-5-3-4-14(22)12-15)24-25(20)16-6-9-18(10-7-16)29(2,26)27/h3-13H,1-2H3,(H,23,24). The summed E-state index contributed by atoms with van der Waals surface area (Å²) in [5.74, 6) is 1.34. The Balaban J connectivity index is 1.84. The van der Waals surface area contributed by atoms with Crippen molar-refractivity contribution in [1.29, 1.82) is 0 Å². The zero-order valence-electron chi connectivity index (χ0n) is 15.8. The lowest BCUT2D eigenvalue weighted by Crippen LogP contribution is -2.00. The van der Waals surface area contributed by atoms with Gasteiger partial charge < -0.3 is 10.1 Å². The van der Waals surface area contributed by atoms with Crippen LogP contribution in [0.4, 0.5) is 11.5 Å². The minimum absolute atomic E-state index is 0.261. The zero-order valence-corrected chi connectivity index (χ0v) is 17.3. The Kier molecular flexibility index (Phi) is 4.94. The summed E-state index contributed by atoms with van der Waals surface area (Å²) in [6, 6.07) is 19.7. The number of hydrogen-bond acceptors (Lipinski definition) is 5. The molecular weight excluding hydrogens is 410 g/mol. The highest BCUT2D eigenvalue weighted by molar-refractivity contribution is 7.90. The Hall–Kier alpha value is -3.03. The molecule has 0 aliphatic carbocycles. The fourth-order valence-corrected chi connectivity index (χ4v) is 3.87. The SMILES string of the molecule is COc1ccc2c(c1)c(Nc1cccc(Cl)c1)nn2-c1ccc(S(C)(=O)=O)cc1. The summed E-state index contributed by atoms with van der Waals surface area (Å²) in [5, 5.41) is 9.48. The number of hydrogen-bond donors (Lipinski definition) is 1. The van der Waals surface area contributed by atoms with Gasteiger partial charge in [-0.25, -0.2) is 13.1 Å². The molecule has 29 heavy (non-hydrogen) atoms. The first kappa shape index (κ1) is 19.3. The van der Waals surface area contributed by atoms with Gasteiger partial charge in [0.05, 0.1) is 23.2 Å². The van der Waals surface area contributed by atoms with E-state index in [0.29, 0.717) is 16.6 Å². The molecule has 3 aromatic carbocycles. The summed E-state index contributed by atoms with van der Waals surface area (Å²) in [6.07, 6.45) is 1.19. The Morgan fingerprint density at radius 1 is 1.03 bits per heavy atom. The van der Waals surface area contributed by atoms with Crippen LogP contribution in [0.5, 0.6) is 5.75 Å². The van der Waals surface area contributed by atoms with Crippen molar-refractivity contribution < 1.29 is 13.2 Å². The summed E-state index contributed by atoms with van der Waals surface area (Å²) < 4.78 is 30.6. The van der Waals surface area contributed by atoms with E-state index in [-0.39, 0.29) is 4.90 Å². The number of sulfone groups is 1. The van der Waals surface area contributed by atoms with Crippen molar-refractivity contribution in [3.05, 3.63) is 71.8 Å². The van der Waals surface area contributed by atoms with Crippen LogP contribution in [0.25, 0.3) is 16.6 Å². The average Bonchev–Trinajstić information content (AvgIpc) is 3.05. The zero-order chi connectivity index (χ0) is 20.6. The largest absolute Gasteiger partial charge is 0.497 e. The Labute approximate surface area is 173 Å². The van der Waals surface area contributed by atoms with E-state index in [4.69, 9.17) is 21.4 Å². The highest BCUT2D eigenvalue weighted by Crippen LogP contribution is 2.32. The first-order valence-electron chi connectivity index (χ1n) is 8.75. The predicted molar refractivity (Wildman–Crippen MR) is 115 cm³/mol. The van der Waals surface area contributed by atoms with Gasteiger partial charge in [-0.15, -0.1) is 5.10 Å². The highest BCUT2D eigenvalue weighted by Gasteiger charge is 2.14. The van der Waals surface area contributed by atoms with E-state index >= 15 is 0 Å². The molecule has 4 aromatic rings. The van der Waals surface area contributed by atoms with Gasteiger partial charge in [0.1, 0.15) is 5.75 Å². The van der Waals surface area contributed by atoms with Crippen LogP contribution in [0.2, 0.25) is 5.02 Å². The Morgan fingerprint density at radius 2 is 1.79 bits per heavy atom. The number of methoxy groups -OCH3 is 1. The van der Waals surface area contributed by atoms with Crippen molar-refractivity contribution in [2.24, 2.45) is 0 Å². The van der Waals surface area contributed by atoms with Gasteiger partial charge in [0, 0.05) is 22.4 Å². The van der Waals surface area contributed by atoms with E-state index in [1.807, 2.05) is 36.4 Å². The fraction of sp³-hybridized carbons (Fsp3) is 0.0952. The molecule has 0 fully saturated rings. The molecule has 4 rings (SSSR count). The molecule has 0 aliphatic heterocycles. The smallest absolute Gasteiger partial charge is 0.175 e. The monoisotopic (exact) mass is 427 g/mol. The molecule has 6 nitrogen and oxygen atoms in total. The van der Waals surface area contributed by atoms with Gasteiger partial charge in [0.15, 0.2) is 15.7 Å². The number of aromatic nitrogens is 2. The van der Waals surface area contributed by atoms with E-state index in [0.717, 1.165) is 22.3 Å². The Bertz CT molecular complexity index is 1300. The molecule has 0 saturated heterocycles. The number of fused-ring (bicyclic) bond motifs is 1.